The first kappa shape index (κ1) is 21.7. The average molecular weight is 446 g/mol. The number of alkyl halides is 2. The number of halogens is 3. The van der Waals surface area contributed by atoms with Crippen molar-refractivity contribution in [1.82, 2.24) is 14.8 Å². The van der Waals surface area contributed by atoms with Gasteiger partial charge < -0.3 is 19.4 Å². The molecule has 1 N–H and O–H groups in total. The first-order valence-corrected chi connectivity index (χ1v) is 10.1. The molecule has 4 rings (SSSR count). The van der Waals surface area contributed by atoms with Gasteiger partial charge in [0.05, 0.1) is 12.8 Å². The van der Waals surface area contributed by atoms with Crippen molar-refractivity contribution in [2.75, 3.05) is 12.4 Å². The molecule has 7 nitrogen and oxygen atoms in total. The standard InChI is InChI=1S/C22H21F3N4O3/c1-31-18-12-14(7-9-17(18)32-22(24)25)21(30)26-16-11-13(6-8-15(16)23)20-28-27-19-5-3-2-4-10-29(19)20/h6-9,11-12,22H,2-5,10H2,1H3,(H,26,30). The molecule has 1 aliphatic rings. The molecule has 0 spiro atoms. The number of anilines is 1. The minimum absolute atomic E-state index is 0.0367. The molecule has 32 heavy (non-hydrogen) atoms. The number of methoxy groups -OCH3 is 1. The highest BCUT2D eigenvalue weighted by Gasteiger charge is 2.19. The molecule has 0 radical (unpaired) electrons. The highest BCUT2D eigenvalue weighted by molar-refractivity contribution is 6.05. The van der Waals surface area contributed by atoms with Gasteiger partial charge in [-0.25, -0.2) is 4.39 Å². The van der Waals surface area contributed by atoms with Gasteiger partial charge in [-0.2, -0.15) is 8.78 Å². The molecule has 2 aromatic carbocycles. The van der Waals surface area contributed by atoms with Crippen molar-refractivity contribution in [2.45, 2.75) is 38.8 Å². The van der Waals surface area contributed by atoms with Crippen molar-refractivity contribution in [3.8, 4) is 22.9 Å². The predicted molar refractivity (Wildman–Crippen MR) is 111 cm³/mol. The van der Waals surface area contributed by atoms with Crippen LogP contribution in [0.1, 0.15) is 35.4 Å². The zero-order valence-electron chi connectivity index (χ0n) is 17.3. The molecular formula is C22H21F3N4O3. The highest BCUT2D eigenvalue weighted by Crippen LogP contribution is 2.31. The van der Waals surface area contributed by atoms with Crippen LogP contribution in [0.5, 0.6) is 11.5 Å². The van der Waals surface area contributed by atoms with Gasteiger partial charge in [-0.05, 0) is 49.2 Å². The Morgan fingerprint density at radius 1 is 1.09 bits per heavy atom. The summed E-state index contributed by atoms with van der Waals surface area (Å²) in [6.07, 6.45) is 4.01. The summed E-state index contributed by atoms with van der Waals surface area (Å²) in [5.41, 5.74) is 0.676. The summed E-state index contributed by atoms with van der Waals surface area (Å²) in [4.78, 5) is 12.7. The van der Waals surface area contributed by atoms with Gasteiger partial charge in [-0.15, -0.1) is 10.2 Å². The SMILES string of the molecule is COc1cc(C(=O)Nc2cc(-c3nnc4n3CCCCC4)ccc2F)ccc1OC(F)F. The van der Waals surface area contributed by atoms with E-state index in [9.17, 15) is 18.0 Å². The van der Waals surface area contributed by atoms with Crippen LogP contribution < -0.4 is 14.8 Å². The van der Waals surface area contributed by atoms with Gasteiger partial charge in [0, 0.05) is 24.1 Å². The van der Waals surface area contributed by atoms with E-state index >= 15 is 0 Å². The van der Waals surface area contributed by atoms with Crippen molar-refractivity contribution in [3.05, 3.63) is 53.6 Å². The topological polar surface area (TPSA) is 78.3 Å². The number of benzene rings is 2. The van der Waals surface area contributed by atoms with Crippen LogP contribution in [0.3, 0.4) is 0 Å². The number of aryl methyl sites for hydroxylation is 1. The number of fused-ring (bicyclic) bond motifs is 1. The Bertz CT molecular complexity index is 1130. The quantitative estimate of drug-likeness (QED) is 0.595. The van der Waals surface area contributed by atoms with Gasteiger partial charge in [-0.1, -0.05) is 6.42 Å². The maximum atomic E-state index is 14.5. The summed E-state index contributed by atoms with van der Waals surface area (Å²) >= 11 is 0. The summed E-state index contributed by atoms with van der Waals surface area (Å²) in [5.74, 6) is 0.00146. The maximum absolute atomic E-state index is 14.5. The van der Waals surface area contributed by atoms with Gasteiger partial charge in [-0.3, -0.25) is 4.79 Å². The summed E-state index contributed by atoms with van der Waals surface area (Å²) in [7, 11) is 1.26. The van der Waals surface area contributed by atoms with Crippen molar-refractivity contribution >= 4 is 11.6 Å². The lowest BCUT2D eigenvalue weighted by Crippen LogP contribution is -2.14. The van der Waals surface area contributed by atoms with Gasteiger partial charge in [0.2, 0.25) is 0 Å². The fourth-order valence-corrected chi connectivity index (χ4v) is 3.66. The van der Waals surface area contributed by atoms with Crippen molar-refractivity contribution in [1.29, 1.82) is 0 Å². The van der Waals surface area contributed by atoms with E-state index in [1.54, 1.807) is 6.07 Å². The predicted octanol–water partition coefficient (Wildman–Crippen LogP) is 4.67. The summed E-state index contributed by atoms with van der Waals surface area (Å²) in [6, 6.07) is 8.07. The molecule has 1 aromatic heterocycles. The Hall–Kier alpha value is -3.56. The number of aromatic nitrogens is 3. The van der Waals surface area contributed by atoms with Gasteiger partial charge in [0.1, 0.15) is 11.6 Å². The number of rotatable bonds is 6. The van der Waals surface area contributed by atoms with Crippen molar-refractivity contribution in [2.24, 2.45) is 0 Å². The van der Waals surface area contributed by atoms with Gasteiger partial charge in [0.15, 0.2) is 17.3 Å². The summed E-state index contributed by atoms with van der Waals surface area (Å²) in [6.45, 7) is -2.25. The van der Waals surface area contributed by atoms with E-state index in [1.165, 1.54) is 37.4 Å². The van der Waals surface area contributed by atoms with Crippen LogP contribution in [-0.4, -0.2) is 34.4 Å². The smallest absolute Gasteiger partial charge is 0.387 e. The molecule has 0 unspecified atom stereocenters. The van der Waals surface area contributed by atoms with Crippen LogP contribution in [0.25, 0.3) is 11.4 Å². The van der Waals surface area contributed by atoms with Gasteiger partial charge in [0.25, 0.3) is 5.91 Å². The third-order valence-corrected chi connectivity index (χ3v) is 5.22. The number of ether oxygens (including phenoxy) is 2. The average Bonchev–Trinajstić information content (AvgIpc) is 3.03. The monoisotopic (exact) mass is 446 g/mol. The second kappa shape index (κ2) is 9.29. The number of nitrogens with zero attached hydrogens (tertiary/aromatic N) is 3. The Kier molecular flexibility index (Phi) is 6.29. The van der Waals surface area contributed by atoms with E-state index in [1.807, 2.05) is 4.57 Å². The van der Waals surface area contributed by atoms with Crippen LogP contribution in [0.2, 0.25) is 0 Å². The zero-order valence-corrected chi connectivity index (χ0v) is 17.3. The number of carbonyl (C=O) groups is 1. The van der Waals surface area contributed by atoms with Crippen molar-refractivity contribution in [3.63, 3.8) is 0 Å². The lowest BCUT2D eigenvalue weighted by molar-refractivity contribution is -0.0512. The fourth-order valence-electron chi connectivity index (χ4n) is 3.66. The molecule has 0 bridgehead atoms. The molecular weight excluding hydrogens is 425 g/mol. The van der Waals surface area contributed by atoms with E-state index < -0.39 is 18.3 Å². The van der Waals surface area contributed by atoms with E-state index in [0.29, 0.717) is 11.4 Å². The van der Waals surface area contributed by atoms with Gasteiger partial charge >= 0.3 is 6.61 Å². The second-order valence-electron chi connectivity index (χ2n) is 7.30. The van der Waals surface area contributed by atoms with Crippen LogP contribution >= 0.6 is 0 Å². The molecule has 0 saturated carbocycles. The van der Waals surface area contributed by atoms with Crippen LogP contribution in [0, 0.1) is 5.82 Å². The minimum atomic E-state index is -3.03. The van der Waals surface area contributed by atoms with Crippen LogP contribution in [0.15, 0.2) is 36.4 Å². The molecule has 1 aliphatic heterocycles. The number of carbonyl (C=O) groups excluding carboxylic acids is 1. The normalized spacial score (nSPS) is 13.4. The van der Waals surface area contributed by atoms with Crippen LogP contribution in [0.4, 0.5) is 18.9 Å². The Morgan fingerprint density at radius 2 is 1.94 bits per heavy atom. The number of amides is 1. The third-order valence-electron chi connectivity index (χ3n) is 5.22. The minimum Gasteiger partial charge on any atom is -0.493 e. The molecule has 0 aliphatic carbocycles. The molecule has 0 atom stereocenters. The van der Waals surface area contributed by atoms with E-state index in [0.717, 1.165) is 38.1 Å². The zero-order chi connectivity index (χ0) is 22.7. The Morgan fingerprint density at radius 3 is 2.72 bits per heavy atom. The molecule has 0 saturated heterocycles. The molecule has 2 heterocycles. The van der Waals surface area contributed by atoms with Crippen molar-refractivity contribution < 1.29 is 27.4 Å². The Balaban J connectivity index is 1.59. The molecule has 168 valence electrons. The van der Waals surface area contributed by atoms with E-state index in [-0.39, 0.29) is 22.7 Å². The summed E-state index contributed by atoms with van der Waals surface area (Å²) in [5, 5.41) is 11.0. The Labute approximate surface area is 182 Å². The first-order valence-electron chi connectivity index (χ1n) is 10.1. The highest BCUT2D eigenvalue weighted by atomic mass is 19.3. The number of hydrogen-bond donors (Lipinski definition) is 1. The molecule has 3 aromatic rings. The lowest BCUT2D eigenvalue weighted by Gasteiger charge is -2.13. The molecule has 0 fully saturated rings. The van der Waals surface area contributed by atoms with Crippen LogP contribution in [-0.2, 0) is 13.0 Å². The molecule has 1 amide bonds. The largest absolute Gasteiger partial charge is 0.493 e. The third kappa shape index (κ3) is 4.53. The molecule has 10 heteroatoms. The summed E-state index contributed by atoms with van der Waals surface area (Å²) < 4.78 is 50.9. The number of nitrogens with one attached hydrogen (secondary N) is 1. The maximum Gasteiger partial charge on any atom is 0.387 e. The van der Waals surface area contributed by atoms with E-state index in [4.69, 9.17) is 4.74 Å². The fraction of sp³-hybridized carbons (Fsp3) is 0.318. The number of hydrogen-bond acceptors (Lipinski definition) is 5. The first-order chi connectivity index (χ1) is 15.5. The lowest BCUT2D eigenvalue weighted by atomic mass is 10.1. The second-order valence-corrected chi connectivity index (χ2v) is 7.30. The van der Waals surface area contributed by atoms with E-state index in [2.05, 4.69) is 20.3 Å².